The Hall–Kier alpha value is -0.0400. The highest BCUT2D eigenvalue weighted by Gasteiger charge is 2.12. The monoisotopic (exact) mass is 270 g/mol. The van der Waals surface area contributed by atoms with E-state index in [9.17, 15) is 5.11 Å². The average Bonchev–Trinajstić information content (AvgIpc) is 2.42. The van der Waals surface area contributed by atoms with Gasteiger partial charge in [0.2, 0.25) is 0 Å². The summed E-state index contributed by atoms with van der Waals surface area (Å²) < 4.78 is 0. The van der Waals surface area contributed by atoms with Crippen LogP contribution in [0.5, 0.6) is 0 Å². The van der Waals surface area contributed by atoms with Crippen molar-refractivity contribution in [3.8, 4) is 0 Å². The van der Waals surface area contributed by atoms with Gasteiger partial charge in [-0.2, -0.15) is 0 Å². The van der Waals surface area contributed by atoms with Crippen LogP contribution in [-0.4, -0.2) is 11.2 Å². The van der Waals surface area contributed by atoms with Gasteiger partial charge in [0.05, 0.1) is 6.10 Å². The maximum Gasteiger partial charge on any atom is 0.0565 e. The minimum Gasteiger partial charge on any atom is -0.393 e. The van der Waals surface area contributed by atoms with Gasteiger partial charge in [0.15, 0.2) is 0 Å². The van der Waals surface area contributed by atoms with Crippen LogP contribution in [0.2, 0.25) is 0 Å². The van der Waals surface area contributed by atoms with Crippen molar-refractivity contribution in [2.45, 2.75) is 110 Å². The van der Waals surface area contributed by atoms with Gasteiger partial charge in [-0.05, 0) is 18.8 Å². The molecule has 0 aromatic rings. The van der Waals surface area contributed by atoms with E-state index in [0.29, 0.717) is 5.92 Å². The molecule has 0 aromatic heterocycles. The average molecular weight is 271 g/mol. The Labute approximate surface area is 122 Å². The zero-order valence-electron chi connectivity index (χ0n) is 13.8. The molecule has 0 heterocycles. The largest absolute Gasteiger partial charge is 0.393 e. The molecule has 1 heteroatoms. The van der Waals surface area contributed by atoms with Crippen molar-refractivity contribution in [1.29, 1.82) is 0 Å². The molecule has 2 unspecified atom stereocenters. The topological polar surface area (TPSA) is 20.2 Å². The van der Waals surface area contributed by atoms with Gasteiger partial charge in [-0.15, -0.1) is 0 Å². The van der Waals surface area contributed by atoms with Crippen molar-refractivity contribution >= 4 is 0 Å². The molecule has 0 saturated carbocycles. The van der Waals surface area contributed by atoms with Crippen molar-refractivity contribution < 1.29 is 5.11 Å². The molecule has 0 aliphatic carbocycles. The first kappa shape index (κ1) is 19.0. The van der Waals surface area contributed by atoms with Crippen LogP contribution in [0.15, 0.2) is 0 Å². The summed E-state index contributed by atoms with van der Waals surface area (Å²) in [4.78, 5) is 0. The smallest absolute Gasteiger partial charge is 0.0565 e. The third-order valence-corrected chi connectivity index (χ3v) is 4.27. The van der Waals surface area contributed by atoms with E-state index in [-0.39, 0.29) is 6.10 Å². The van der Waals surface area contributed by atoms with Crippen molar-refractivity contribution in [3.05, 3.63) is 0 Å². The summed E-state index contributed by atoms with van der Waals surface area (Å²) in [5.41, 5.74) is 0. The second-order valence-electron chi connectivity index (χ2n) is 6.30. The number of rotatable bonds is 14. The molecule has 1 N–H and O–H groups in total. The molecule has 0 radical (unpaired) electrons. The quantitative estimate of drug-likeness (QED) is 0.378. The predicted molar refractivity (Wildman–Crippen MR) is 86.5 cm³/mol. The van der Waals surface area contributed by atoms with Gasteiger partial charge in [-0.25, -0.2) is 0 Å². The van der Waals surface area contributed by atoms with Crippen molar-refractivity contribution in [3.63, 3.8) is 0 Å². The van der Waals surface area contributed by atoms with Crippen LogP contribution in [-0.2, 0) is 0 Å². The zero-order chi connectivity index (χ0) is 14.3. The lowest BCUT2D eigenvalue weighted by molar-refractivity contribution is 0.0988. The second-order valence-corrected chi connectivity index (χ2v) is 6.30. The van der Waals surface area contributed by atoms with E-state index in [1.165, 1.54) is 77.0 Å². The first-order valence-corrected chi connectivity index (χ1v) is 8.90. The molecule has 0 aliphatic rings. The third kappa shape index (κ3) is 12.7. The number of unbranched alkanes of at least 4 members (excludes halogenated alkanes) is 9. The summed E-state index contributed by atoms with van der Waals surface area (Å²) in [7, 11) is 0. The van der Waals surface area contributed by atoms with E-state index in [2.05, 4.69) is 20.8 Å². The van der Waals surface area contributed by atoms with E-state index in [1.54, 1.807) is 0 Å². The lowest BCUT2D eigenvalue weighted by Crippen LogP contribution is -2.17. The minimum absolute atomic E-state index is 0.0592. The molecule has 0 saturated heterocycles. The molecule has 19 heavy (non-hydrogen) atoms. The van der Waals surface area contributed by atoms with Crippen LogP contribution in [0.3, 0.4) is 0 Å². The van der Waals surface area contributed by atoms with Crippen LogP contribution in [0, 0.1) is 5.92 Å². The van der Waals surface area contributed by atoms with E-state index >= 15 is 0 Å². The fourth-order valence-electron chi connectivity index (χ4n) is 2.67. The van der Waals surface area contributed by atoms with Crippen molar-refractivity contribution in [2.24, 2.45) is 5.92 Å². The molecular formula is C18H38O. The molecule has 2 atom stereocenters. The summed E-state index contributed by atoms with van der Waals surface area (Å²) in [6, 6.07) is 0. The van der Waals surface area contributed by atoms with Crippen LogP contribution >= 0.6 is 0 Å². The number of aliphatic hydroxyl groups is 1. The maximum atomic E-state index is 10.0. The van der Waals surface area contributed by atoms with E-state index in [0.717, 1.165) is 6.42 Å². The summed E-state index contributed by atoms with van der Waals surface area (Å²) >= 11 is 0. The molecule has 0 rings (SSSR count). The van der Waals surface area contributed by atoms with E-state index in [4.69, 9.17) is 0 Å². The molecule has 0 aromatic carbocycles. The number of hydrogen-bond acceptors (Lipinski definition) is 1. The summed E-state index contributed by atoms with van der Waals surface area (Å²) in [6.07, 6.45) is 16.9. The Morgan fingerprint density at radius 2 is 1.11 bits per heavy atom. The minimum atomic E-state index is -0.0592. The van der Waals surface area contributed by atoms with Crippen LogP contribution in [0.1, 0.15) is 104 Å². The zero-order valence-corrected chi connectivity index (χ0v) is 13.8. The second kappa shape index (κ2) is 14.4. The Morgan fingerprint density at radius 1 is 0.632 bits per heavy atom. The van der Waals surface area contributed by atoms with Gasteiger partial charge >= 0.3 is 0 Å². The molecule has 1 nitrogen and oxygen atoms in total. The van der Waals surface area contributed by atoms with Gasteiger partial charge in [0.25, 0.3) is 0 Å². The third-order valence-electron chi connectivity index (χ3n) is 4.27. The Balaban J connectivity index is 3.24. The molecule has 0 amide bonds. The first-order chi connectivity index (χ1) is 9.22. The normalized spacial score (nSPS) is 14.5. The molecule has 0 aliphatic heterocycles. The molecular weight excluding hydrogens is 232 g/mol. The van der Waals surface area contributed by atoms with Crippen molar-refractivity contribution in [1.82, 2.24) is 0 Å². The highest BCUT2D eigenvalue weighted by Crippen LogP contribution is 2.18. The highest BCUT2D eigenvalue weighted by molar-refractivity contribution is 4.64. The fraction of sp³-hybridized carbons (Fsp3) is 1.00. The predicted octanol–water partition coefficient (Wildman–Crippen LogP) is 6.09. The summed E-state index contributed by atoms with van der Waals surface area (Å²) in [5.74, 6) is 0.494. The molecule has 0 bridgehead atoms. The molecule has 116 valence electrons. The SMILES string of the molecule is CCCCCCCCCCCC(O)C(C)CCCC. The van der Waals surface area contributed by atoms with Crippen molar-refractivity contribution in [2.75, 3.05) is 0 Å². The maximum absolute atomic E-state index is 10.0. The van der Waals surface area contributed by atoms with Crippen LogP contribution in [0.25, 0.3) is 0 Å². The van der Waals surface area contributed by atoms with Gasteiger partial charge in [0.1, 0.15) is 0 Å². The van der Waals surface area contributed by atoms with Crippen LogP contribution < -0.4 is 0 Å². The van der Waals surface area contributed by atoms with Gasteiger partial charge in [-0.1, -0.05) is 91.4 Å². The lowest BCUT2D eigenvalue weighted by atomic mass is 9.94. The lowest BCUT2D eigenvalue weighted by Gasteiger charge is -2.18. The van der Waals surface area contributed by atoms with Gasteiger partial charge in [-0.3, -0.25) is 0 Å². The Bertz CT molecular complexity index is 167. The Morgan fingerprint density at radius 3 is 1.63 bits per heavy atom. The number of hydrogen-bond donors (Lipinski definition) is 1. The van der Waals surface area contributed by atoms with E-state index < -0.39 is 0 Å². The van der Waals surface area contributed by atoms with Crippen LogP contribution in [0.4, 0.5) is 0 Å². The number of aliphatic hydroxyl groups excluding tert-OH is 1. The van der Waals surface area contributed by atoms with E-state index in [1.807, 2.05) is 0 Å². The summed E-state index contributed by atoms with van der Waals surface area (Å²) in [5, 5.41) is 10.0. The Kier molecular flexibility index (Phi) is 14.3. The van der Waals surface area contributed by atoms with Gasteiger partial charge < -0.3 is 5.11 Å². The van der Waals surface area contributed by atoms with Gasteiger partial charge in [0, 0.05) is 0 Å². The fourth-order valence-corrected chi connectivity index (χ4v) is 2.67. The first-order valence-electron chi connectivity index (χ1n) is 8.90. The molecule has 0 fully saturated rings. The summed E-state index contributed by atoms with van der Waals surface area (Å²) in [6.45, 7) is 6.69. The molecule has 0 spiro atoms. The standard InChI is InChI=1S/C18H38O/c1-4-6-8-9-10-11-12-13-14-16-18(19)17(3)15-7-5-2/h17-19H,4-16H2,1-3H3. The highest BCUT2D eigenvalue weighted by atomic mass is 16.3.